The van der Waals surface area contributed by atoms with E-state index in [0.29, 0.717) is 11.1 Å². The van der Waals surface area contributed by atoms with E-state index in [2.05, 4.69) is 59.7 Å². The predicted octanol–water partition coefficient (Wildman–Crippen LogP) is 7.77. The number of phenols is 1. The van der Waals surface area contributed by atoms with Gasteiger partial charge in [-0.15, -0.1) is 0 Å². The average Bonchev–Trinajstić information content (AvgIpc) is 2.61. The number of benzene rings is 3. The van der Waals surface area contributed by atoms with Crippen molar-refractivity contribution in [2.24, 2.45) is 0 Å². The second-order valence-corrected chi connectivity index (χ2v) is 10.0. The molecule has 3 aromatic rings. The van der Waals surface area contributed by atoms with E-state index in [-0.39, 0.29) is 22.4 Å². The fourth-order valence-electron chi connectivity index (χ4n) is 3.52. The third-order valence-corrected chi connectivity index (χ3v) is 5.37. The molecule has 0 unspecified atom stereocenters. The molecular weight excluding hydrogens is 359 g/mol. The lowest BCUT2D eigenvalue weighted by atomic mass is 9.78. The highest BCUT2D eigenvalue weighted by atomic mass is 19.1. The van der Waals surface area contributed by atoms with Crippen molar-refractivity contribution in [2.45, 2.75) is 59.3 Å². The van der Waals surface area contributed by atoms with Crippen LogP contribution in [0.25, 0.3) is 22.3 Å². The molecule has 1 N–H and O–H groups in total. The molecule has 0 spiro atoms. The van der Waals surface area contributed by atoms with Gasteiger partial charge in [-0.25, -0.2) is 4.39 Å². The average molecular weight is 391 g/mol. The summed E-state index contributed by atoms with van der Waals surface area (Å²) in [5.41, 5.74) is 6.55. The Morgan fingerprint density at radius 2 is 1.21 bits per heavy atom. The third kappa shape index (κ3) is 4.53. The maximum absolute atomic E-state index is 13.8. The van der Waals surface area contributed by atoms with Gasteiger partial charge < -0.3 is 5.11 Å². The van der Waals surface area contributed by atoms with Gasteiger partial charge in [0.05, 0.1) is 0 Å². The molecule has 3 aromatic carbocycles. The molecule has 0 atom stereocenters. The summed E-state index contributed by atoms with van der Waals surface area (Å²) in [6.45, 7) is 15.2. The highest BCUT2D eigenvalue weighted by molar-refractivity contribution is 5.83. The third-order valence-electron chi connectivity index (χ3n) is 5.37. The minimum atomic E-state index is -0.310. The Kier molecular flexibility index (Phi) is 5.34. The molecule has 0 amide bonds. The van der Waals surface area contributed by atoms with Crippen molar-refractivity contribution in [3.8, 4) is 28.0 Å². The molecule has 2 heteroatoms. The predicted molar refractivity (Wildman–Crippen MR) is 121 cm³/mol. The van der Waals surface area contributed by atoms with Crippen LogP contribution in [-0.4, -0.2) is 5.11 Å². The van der Waals surface area contributed by atoms with Gasteiger partial charge in [0, 0.05) is 11.1 Å². The lowest BCUT2D eigenvalue weighted by Gasteiger charge is -2.26. The molecule has 0 aliphatic rings. The van der Waals surface area contributed by atoms with Crippen molar-refractivity contribution < 1.29 is 9.50 Å². The Balaban J connectivity index is 2.28. The highest BCUT2D eigenvalue weighted by Gasteiger charge is 2.22. The van der Waals surface area contributed by atoms with Gasteiger partial charge in [0.2, 0.25) is 0 Å². The molecule has 0 saturated carbocycles. The van der Waals surface area contributed by atoms with Gasteiger partial charge in [-0.2, -0.15) is 0 Å². The summed E-state index contributed by atoms with van der Waals surface area (Å²) >= 11 is 0. The van der Waals surface area contributed by atoms with Crippen LogP contribution in [0.5, 0.6) is 5.75 Å². The van der Waals surface area contributed by atoms with Crippen molar-refractivity contribution in [2.75, 3.05) is 0 Å². The van der Waals surface area contributed by atoms with Gasteiger partial charge in [-0.05, 0) is 69.8 Å². The number of hydrogen-bond donors (Lipinski definition) is 1. The normalized spacial score (nSPS) is 12.3. The Hall–Kier alpha value is -2.61. The summed E-state index contributed by atoms with van der Waals surface area (Å²) in [4.78, 5) is 0. The summed E-state index contributed by atoms with van der Waals surface area (Å²) in [5.74, 6) is -0.123. The second-order valence-electron chi connectivity index (χ2n) is 10.0. The minimum absolute atomic E-state index is 0.0131. The standard InChI is InChI=1S/C27H31FO/c1-17-11-23(18-9-8-10-22(28)15-18)25(29)24(12-17)19-13-20(26(2,3)4)16-21(14-19)27(5,6)7/h8-16,29H,1-7H3. The molecule has 152 valence electrons. The van der Waals surface area contributed by atoms with Crippen molar-refractivity contribution in [1.82, 2.24) is 0 Å². The molecule has 29 heavy (non-hydrogen) atoms. The first-order chi connectivity index (χ1) is 13.4. The van der Waals surface area contributed by atoms with Gasteiger partial charge in [0.15, 0.2) is 0 Å². The number of rotatable bonds is 2. The first-order valence-corrected chi connectivity index (χ1v) is 10.1. The van der Waals surface area contributed by atoms with Gasteiger partial charge in [0.25, 0.3) is 0 Å². The van der Waals surface area contributed by atoms with Gasteiger partial charge in [-0.1, -0.05) is 71.9 Å². The van der Waals surface area contributed by atoms with Gasteiger partial charge >= 0.3 is 0 Å². The van der Waals surface area contributed by atoms with Crippen LogP contribution in [0.2, 0.25) is 0 Å². The van der Waals surface area contributed by atoms with Gasteiger partial charge in [0.1, 0.15) is 11.6 Å². The molecule has 0 aliphatic carbocycles. The minimum Gasteiger partial charge on any atom is -0.507 e. The number of phenolic OH excluding ortho intramolecular Hbond substituents is 1. The molecule has 0 saturated heterocycles. The Morgan fingerprint density at radius 1 is 0.690 bits per heavy atom. The summed E-state index contributed by atoms with van der Waals surface area (Å²) < 4.78 is 13.8. The van der Waals surface area contributed by atoms with Crippen LogP contribution >= 0.6 is 0 Å². The first-order valence-electron chi connectivity index (χ1n) is 10.1. The summed E-state index contributed by atoms with van der Waals surface area (Å²) in [6, 6.07) is 16.9. The van der Waals surface area contributed by atoms with Crippen molar-refractivity contribution in [1.29, 1.82) is 0 Å². The lowest BCUT2D eigenvalue weighted by Crippen LogP contribution is -2.16. The summed E-state index contributed by atoms with van der Waals surface area (Å²) in [7, 11) is 0. The molecule has 0 radical (unpaired) electrons. The molecule has 3 rings (SSSR count). The molecule has 0 bridgehead atoms. The van der Waals surface area contributed by atoms with Gasteiger partial charge in [-0.3, -0.25) is 0 Å². The van der Waals surface area contributed by atoms with Crippen LogP contribution in [0.1, 0.15) is 58.2 Å². The number of aromatic hydroxyl groups is 1. The smallest absolute Gasteiger partial charge is 0.131 e. The van der Waals surface area contributed by atoms with E-state index in [4.69, 9.17) is 0 Å². The SMILES string of the molecule is Cc1cc(-c2cccc(F)c2)c(O)c(-c2cc(C(C)(C)C)cc(C(C)(C)C)c2)c1. The Morgan fingerprint density at radius 3 is 1.69 bits per heavy atom. The Labute approximate surface area is 174 Å². The van der Waals surface area contributed by atoms with Crippen LogP contribution in [0.15, 0.2) is 54.6 Å². The summed E-state index contributed by atoms with van der Waals surface area (Å²) in [5, 5.41) is 11.2. The number of hydrogen-bond acceptors (Lipinski definition) is 1. The molecule has 1 nitrogen and oxygen atoms in total. The van der Waals surface area contributed by atoms with E-state index < -0.39 is 0 Å². The highest BCUT2D eigenvalue weighted by Crippen LogP contribution is 2.42. The number of aryl methyl sites for hydroxylation is 1. The number of halogens is 1. The largest absolute Gasteiger partial charge is 0.507 e. The zero-order chi connectivity index (χ0) is 21.6. The maximum Gasteiger partial charge on any atom is 0.131 e. The van der Waals surface area contributed by atoms with E-state index in [0.717, 1.165) is 16.7 Å². The quantitative estimate of drug-likeness (QED) is 0.474. The first kappa shape index (κ1) is 21.1. The lowest BCUT2D eigenvalue weighted by molar-refractivity contribution is 0.479. The second kappa shape index (κ2) is 7.33. The van der Waals surface area contributed by atoms with Crippen LogP contribution in [0.4, 0.5) is 4.39 Å². The monoisotopic (exact) mass is 390 g/mol. The molecule has 0 heterocycles. The van der Waals surface area contributed by atoms with Crippen LogP contribution in [-0.2, 0) is 10.8 Å². The zero-order valence-electron chi connectivity index (χ0n) is 18.5. The van der Waals surface area contributed by atoms with E-state index in [9.17, 15) is 9.50 Å². The fraction of sp³-hybridized carbons (Fsp3) is 0.333. The van der Waals surface area contributed by atoms with Crippen LogP contribution in [0.3, 0.4) is 0 Å². The molecule has 0 aliphatic heterocycles. The van der Waals surface area contributed by atoms with E-state index in [1.54, 1.807) is 6.07 Å². The van der Waals surface area contributed by atoms with E-state index in [1.165, 1.54) is 23.3 Å². The maximum atomic E-state index is 13.8. The van der Waals surface area contributed by atoms with E-state index in [1.807, 2.05) is 25.1 Å². The molecule has 0 aromatic heterocycles. The van der Waals surface area contributed by atoms with Crippen molar-refractivity contribution in [3.63, 3.8) is 0 Å². The van der Waals surface area contributed by atoms with Crippen LogP contribution in [0, 0.1) is 12.7 Å². The zero-order valence-corrected chi connectivity index (χ0v) is 18.5. The van der Waals surface area contributed by atoms with E-state index >= 15 is 0 Å². The Bertz CT molecular complexity index is 1020. The molecule has 0 fully saturated rings. The van der Waals surface area contributed by atoms with Crippen molar-refractivity contribution >= 4 is 0 Å². The fourth-order valence-corrected chi connectivity index (χ4v) is 3.52. The molecular formula is C27H31FO. The summed E-state index contributed by atoms with van der Waals surface area (Å²) in [6.07, 6.45) is 0. The van der Waals surface area contributed by atoms with Crippen molar-refractivity contribution in [3.05, 3.63) is 77.1 Å². The topological polar surface area (TPSA) is 20.2 Å². The van der Waals surface area contributed by atoms with Crippen LogP contribution < -0.4 is 0 Å².